The van der Waals surface area contributed by atoms with E-state index in [9.17, 15) is 14.7 Å². The van der Waals surface area contributed by atoms with Crippen molar-refractivity contribution >= 4 is 23.3 Å². The maximum Gasteiger partial charge on any atom is 0.301 e. The van der Waals surface area contributed by atoms with Crippen molar-refractivity contribution in [3.8, 4) is 11.5 Å². The van der Waals surface area contributed by atoms with Crippen LogP contribution in [-0.4, -0.2) is 28.6 Å². The molecule has 1 saturated heterocycles. The van der Waals surface area contributed by atoms with Crippen LogP contribution in [0.5, 0.6) is 11.5 Å². The third kappa shape index (κ3) is 4.88. The van der Waals surface area contributed by atoms with Gasteiger partial charge in [0.2, 0.25) is 0 Å². The smallest absolute Gasteiger partial charge is 0.301 e. The molecule has 1 unspecified atom stereocenters. The van der Waals surface area contributed by atoms with Gasteiger partial charge in [0.05, 0.1) is 18.2 Å². The van der Waals surface area contributed by atoms with Crippen LogP contribution in [0.15, 0.2) is 95.0 Å². The molecule has 0 radical (unpaired) electrons. The normalized spacial score (nSPS) is 16.6. The van der Waals surface area contributed by atoms with Gasteiger partial charge in [-0.3, -0.25) is 14.5 Å². The number of nitrogens with zero attached hydrogens (tertiary/aromatic N) is 2. The fourth-order valence-corrected chi connectivity index (χ4v) is 4.37. The Morgan fingerprint density at radius 2 is 1.61 bits per heavy atom. The zero-order valence-corrected chi connectivity index (χ0v) is 21.0. The molecule has 0 spiro atoms. The zero-order valence-electron chi connectivity index (χ0n) is 21.0. The number of carbonyl (C=O) groups excluding carboxylic acids is 2. The van der Waals surface area contributed by atoms with E-state index in [0.29, 0.717) is 41.6 Å². The first-order valence-electron chi connectivity index (χ1n) is 12.2. The van der Waals surface area contributed by atoms with Gasteiger partial charge >= 0.3 is 5.91 Å². The SMILES string of the molecule is CCOc1ccc(/C(O)=C2\C(=O)C(=O)N(c3cc(C)on3)C2c2ccc(OCc3ccccc3)cc2)cc1. The quantitative estimate of drug-likeness (QED) is 0.187. The number of Topliss-reactive ketones (excluding diaryl/α,β-unsaturated/α-hetero) is 1. The molecule has 0 aliphatic carbocycles. The number of benzene rings is 3. The summed E-state index contributed by atoms with van der Waals surface area (Å²) in [5.41, 5.74) is 1.97. The highest BCUT2D eigenvalue weighted by Crippen LogP contribution is 2.42. The van der Waals surface area contributed by atoms with Gasteiger partial charge in [0.1, 0.15) is 29.6 Å². The van der Waals surface area contributed by atoms with Crippen LogP contribution < -0.4 is 14.4 Å². The average Bonchev–Trinajstić information content (AvgIpc) is 3.48. The molecule has 1 amide bonds. The Kier molecular flexibility index (Phi) is 6.95. The van der Waals surface area contributed by atoms with E-state index in [1.165, 1.54) is 4.90 Å². The molecule has 5 rings (SSSR count). The van der Waals surface area contributed by atoms with E-state index in [0.717, 1.165) is 5.56 Å². The Bertz CT molecular complexity index is 1470. The van der Waals surface area contributed by atoms with E-state index in [1.54, 1.807) is 61.5 Å². The monoisotopic (exact) mass is 510 g/mol. The van der Waals surface area contributed by atoms with Gasteiger partial charge in [0.25, 0.3) is 5.78 Å². The van der Waals surface area contributed by atoms with E-state index >= 15 is 0 Å². The van der Waals surface area contributed by atoms with Gasteiger partial charge in [-0.25, -0.2) is 0 Å². The Morgan fingerprint density at radius 1 is 0.947 bits per heavy atom. The number of ketones is 1. The largest absolute Gasteiger partial charge is 0.507 e. The molecule has 4 aromatic rings. The molecule has 1 aliphatic rings. The minimum Gasteiger partial charge on any atom is -0.507 e. The third-order valence-corrected chi connectivity index (χ3v) is 6.19. The van der Waals surface area contributed by atoms with Gasteiger partial charge in [0, 0.05) is 11.6 Å². The average molecular weight is 511 g/mol. The van der Waals surface area contributed by atoms with Gasteiger partial charge in [-0.15, -0.1) is 0 Å². The molecule has 192 valence electrons. The van der Waals surface area contributed by atoms with Crippen LogP contribution in [0.2, 0.25) is 0 Å². The van der Waals surface area contributed by atoms with Crippen molar-refractivity contribution in [2.75, 3.05) is 11.5 Å². The summed E-state index contributed by atoms with van der Waals surface area (Å²) in [6.45, 7) is 4.47. The Hall–Kier alpha value is -4.85. The Morgan fingerprint density at radius 3 is 2.24 bits per heavy atom. The van der Waals surface area contributed by atoms with Gasteiger partial charge in [-0.2, -0.15) is 0 Å². The summed E-state index contributed by atoms with van der Waals surface area (Å²) in [6, 6.07) is 24.2. The summed E-state index contributed by atoms with van der Waals surface area (Å²) in [7, 11) is 0. The number of rotatable bonds is 8. The second kappa shape index (κ2) is 10.6. The summed E-state index contributed by atoms with van der Waals surface area (Å²) in [4.78, 5) is 27.7. The second-order valence-electron chi connectivity index (χ2n) is 8.77. The van der Waals surface area contributed by atoms with Gasteiger partial charge in [-0.05, 0) is 61.4 Å². The molecule has 8 nitrogen and oxygen atoms in total. The number of hydrogen-bond donors (Lipinski definition) is 1. The van der Waals surface area contributed by atoms with Gasteiger partial charge < -0.3 is 19.1 Å². The van der Waals surface area contributed by atoms with Crippen molar-refractivity contribution in [2.24, 2.45) is 0 Å². The van der Waals surface area contributed by atoms with Crippen molar-refractivity contribution in [3.05, 3.63) is 113 Å². The maximum absolute atomic E-state index is 13.3. The minimum absolute atomic E-state index is 0.0437. The van der Waals surface area contributed by atoms with E-state index < -0.39 is 17.7 Å². The van der Waals surface area contributed by atoms with Crippen molar-refractivity contribution in [2.45, 2.75) is 26.5 Å². The first-order chi connectivity index (χ1) is 18.5. The number of aryl methyl sites for hydroxylation is 1. The molecule has 1 N–H and O–H groups in total. The number of carbonyl (C=O) groups is 2. The summed E-state index contributed by atoms with van der Waals surface area (Å²) >= 11 is 0. The lowest BCUT2D eigenvalue weighted by atomic mass is 9.95. The molecule has 2 heterocycles. The number of ether oxygens (including phenoxy) is 2. The fourth-order valence-electron chi connectivity index (χ4n) is 4.37. The Labute approximate surface area is 219 Å². The van der Waals surface area contributed by atoms with Crippen molar-refractivity contribution in [1.82, 2.24) is 5.16 Å². The van der Waals surface area contributed by atoms with Crippen LogP contribution in [0.25, 0.3) is 5.76 Å². The standard InChI is InChI=1S/C30H26N2O6/c1-3-36-23-15-11-22(12-16-23)28(33)26-27(32(30(35)29(26)34)25-17-19(2)38-31-25)21-9-13-24(14-10-21)37-18-20-7-5-4-6-8-20/h4-17,27,33H,3,18H2,1-2H3/b28-26+. The minimum atomic E-state index is -0.922. The first-order valence-corrected chi connectivity index (χ1v) is 12.2. The number of amides is 1. The zero-order chi connectivity index (χ0) is 26.6. The highest BCUT2D eigenvalue weighted by Gasteiger charge is 2.48. The molecule has 38 heavy (non-hydrogen) atoms. The summed E-state index contributed by atoms with van der Waals surface area (Å²) in [5.74, 6) is 0.0142. The molecule has 1 aromatic heterocycles. The summed E-state index contributed by atoms with van der Waals surface area (Å²) in [6.07, 6.45) is 0. The molecule has 0 saturated carbocycles. The lowest BCUT2D eigenvalue weighted by Gasteiger charge is -2.23. The van der Waals surface area contributed by atoms with Crippen molar-refractivity contribution < 1.29 is 28.7 Å². The predicted molar refractivity (Wildman–Crippen MR) is 141 cm³/mol. The molecular weight excluding hydrogens is 484 g/mol. The highest BCUT2D eigenvalue weighted by molar-refractivity contribution is 6.51. The number of hydrogen-bond acceptors (Lipinski definition) is 7. The molecule has 1 fully saturated rings. The van der Waals surface area contributed by atoms with Crippen LogP contribution in [0.4, 0.5) is 5.82 Å². The molecule has 3 aromatic carbocycles. The number of aliphatic hydroxyl groups excluding tert-OH is 1. The number of anilines is 1. The molecule has 1 aliphatic heterocycles. The lowest BCUT2D eigenvalue weighted by molar-refractivity contribution is -0.132. The van der Waals surface area contributed by atoms with Crippen LogP contribution in [0.1, 0.15) is 35.4 Å². The van der Waals surface area contributed by atoms with Crippen molar-refractivity contribution in [1.29, 1.82) is 0 Å². The van der Waals surface area contributed by atoms with Crippen LogP contribution >= 0.6 is 0 Å². The van der Waals surface area contributed by atoms with Crippen molar-refractivity contribution in [3.63, 3.8) is 0 Å². The molecular formula is C30H26N2O6. The summed E-state index contributed by atoms with van der Waals surface area (Å²) < 4.78 is 16.6. The van der Waals surface area contributed by atoms with Gasteiger partial charge in [0.15, 0.2) is 5.82 Å². The predicted octanol–water partition coefficient (Wildman–Crippen LogP) is 5.59. The van der Waals surface area contributed by atoms with E-state index in [1.807, 2.05) is 37.3 Å². The molecule has 8 heteroatoms. The highest BCUT2D eigenvalue weighted by atomic mass is 16.5. The lowest BCUT2D eigenvalue weighted by Crippen LogP contribution is -2.29. The van der Waals surface area contributed by atoms with E-state index in [2.05, 4.69) is 5.16 Å². The van der Waals surface area contributed by atoms with Gasteiger partial charge in [-0.1, -0.05) is 47.6 Å². The second-order valence-corrected chi connectivity index (χ2v) is 8.77. The molecule has 0 bridgehead atoms. The number of aromatic nitrogens is 1. The fraction of sp³-hybridized carbons (Fsp3) is 0.167. The maximum atomic E-state index is 13.3. The third-order valence-electron chi connectivity index (χ3n) is 6.19. The van der Waals surface area contributed by atoms with E-state index in [4.69, 9.17) is 14.0 Å². The van der Waals surface area contributed by atoms with Crippen LogP contribution in [0, 0.1) is 6.92 Å². The first kappa shape index (κ1) is 24.8. The molecule has 1 atom stereocenters. The van der Waals surface area contributed by atoms with Crippen LogP contribution in [-0.2, 0) is 16.2 Å². The summed E-state index contributed by atoms with van der Waals surface area (Å²) in [5, 5.41) is 15.2. The number of aliphatic hydroxyl groups is 1. The Balaban J connectivity index is 1.52. The van der Waals surface area contributed by atoms with Crippen LogP contribution in [0.3, 0.4) is 0 Å². The topological polar surface area (TPSA) is 102 Å². The van der Waals surface area contributed by atoms with E-state index in [-0.39, 0.29) is 17.2 Å².